The van der Waals surface area contributed by atoms with Crippen LogP contribution in [0.4, 0.5) is 28.9 Å². The van der Waals surface area contributed by atoms with Crippen LogP contribution < -0.4 is 15.4 Å². The summed E-state index contributed by atoms with van der Waals surface area (Å²) in [6.45, 7) is 2.97. The maximum atomic E-state index is 14.7. The van der Waals surface area contributed by atoms with Gasteiger partial charge in [0.2, 0.25) is 5.91 Å². The fourth-order valence-electron chi connectivity index (χ4n) is 4.81. The van der Waals surface area contributed by atoms with E-state index < -0.39 is 40.5 Å². The van der Waals surface area contributed by atoms with E-state index in [1.165, 1.54) is 27.0 Å². The van der Waals surface area contributed by atoms with Gasteiger partial charge in [-0.3, -0.25) is 4.79 Å². The molecule has 0 radical (unpaired) electrons. The Morgan fingerprint density at radius 2 is 1.97 bits per heavy atom. The number of nitrogens with one attached hydrogen (secondary N) is 2. The molecule has 2 aromatic rings. The summed E-state index contributed by atoms with van der Waals surface area (Å²) in [5.74, 6) is -1.35. The molecule has 5 nitrogen and oxygen atoms in total. The Balaban J connectivity index is 1.91. The van der Waals surface area contributed by atoms with Gasteiger partial charge in [0.05, 0.1) is 24.6 Å². The Morgan fingerprint density at radius 3 is 2.59 bits per heavy atom. The third-order valence-corrected chi connectivity index (χ3v) is 6.40. The minimum Gasteiger partial charge on any atom is -0.493 e. The largest absolute Gasteiger partial charge is 0.493 e. The number of benzene rings is 2. The highest BCUT2D eigenvalue weighted by molar-refractivity contribution is 6.31. The quantitative estimate of drug-likeness (QED) is 0.543. The molecule has 0 aromatic heterocycles. The molecule has 1 amide bonds. The molecule has 2 unspecified atom stereocenters. The summed E-state index contributed by atoms with van der Waals surface area (Å²) in [6, 6.07) is 4.01. The average molecular weight is 473 g/mol. The number of hydrogen-bond acceptors (Lipinski definition) is 4. The monoisotopic (exact) mass is 472 g/mol. The predicted molar refractivity (Wildman–Crippen MR) is 112 cm³/mol. The Kier molecular flexibility index (Phi) is 5.13. The Morgan fingerprint density at radius 1 is 1.28 bits per heavy atom. The lowest BCUT2D eigenvalue weighted by molar-refractivity contribution is -0.276. The Hall–Kier alpha value is -2.52. The zero-order chi connectivity index (χ0) is 23.6. The van der Waals surface area contributed by atoms with E-state index in [2.05, 4.69) is 10.6 Å². The van der Waals surface area contributed by atoms with Gasteiger partial charge in [0.25, 0.3) is 0 Å². The van der Waals surface area contributed by atoms with Gasteiger partial charge in [-0.05, 0) is 47.2 Å². The molecule has 0 saturated heterocycles. The number of rotatable bonds is 3. The van der Waals surface area contributed by atoms with Crippen LogP contribution in [0, 0.1) is 5.82 Å². The number of hydrogen-bond donors (Lipinski definition) is 3. The zero-order valence-electron chi connectivity index (χ0n) is 17.5. The maximum absolute atomic E-state index is 14.7. The number of fused-ring (bicyclic) bond motifs is 2. The molecule has 0 spiro atoms. The molecule has 0 saturated carbocycles. The number of methoxy groups -OCH3 is 1. The van der Waals surface area contributed by atoms with Crippen molar-refractivity contribution in [1.82, 2.24) is 0 Å². The molecule has 0 fully saturated rings. The molecule has 0 bridgehead atoms. The van der Waals surface area contributed by atoms with Gasteiger partial charge >= 0.3 is 6.18 Å². The molecule has 2 aromatic carbocycles. The summed E-state index contributed by atoms with van der Waals surface area (Å²) < 4.78 is 62.7. The highest BCUT2D eigenvalue weighted by Crippen LogP contribution is 2.57. The SMILES string of the molecule is COc1c(F)c(Cl)cc2c1C(C)(C)CC(O)(C(F)(F)F)C2Nc1ccc2c(c1)CC(=O)N2. The smallest absolute Gasteiger partial charge is 0.419 e. The average Bonchev–Trinajstić information content (AvgIpc) is 3.04. The number of anilines is 2. The molecule has 1 heterocycles. The number of carbonyl (C=O) groups is 1. The van der Waals surface area contributed by atoms with Crippen LogP contribution in [-0.2, 0) is 16.6 Å². The van der Waals surface area contributed by atoms with Crippen molar-refractivity contribution in [3.63, 3.8) is 0 Å². The molecule has 172 valence electrons. The second kappa shape index (κ2) is 7.25. The van der Waals surface area contributed by atoms with Crippen molar-refractivity contribution in [2.75, 3.05) is 17.7 Å². The van der Waals surface area contributed by atoms with Gasteiger partial charge in [0.15, 0.2) is 17.2 Å². The van der Waals surface area contributed by atoms with Crippen LogP contribution in [0.2, 0.25) is 5.02 Å². The topological polar surface area (TPSA) is 70.6 Å². The molecule has 10 heteroatoms. The van der Waals surface area contributed by atoms with Gasteiger partial charge in [-0.15, -0.1) is 0 Å². The number of carbonyl (C=O) groups excluding carboxylic acids is 1. The fraction of sp³-hybridized carbons (Fsp3) is 0.409. The van der Waals surface area contributed by atoms with Crippen LogP contribution in [-0.4, -0.2) is 29.9 Å². The predicted octanol–water partition coefficient (Wildman–Crippen LogP) is 5.11. The van der Waals surface area contributed by atoms with Crippen molar-refractivity contribution >= 4 is 28.9 Å². The highest BCUT2D eigenvalue weighted by Gasteiger charge is 2.64. The molecular weight excluding hydrogens is 452 g/mol. The van der Waals surface area contributed by atoms with Crippen LogP contribution in [0.5, 0.6) is 5.75 Å². The minimum absolute atomic E-state index is 0.0148. The Bertz CT molecular complexity index is 1120. The van der Waals surface area contributed by atoms with E-state index in [9.17, 15) is 27.5 Å². The van der Waals surface area contributed by atoms with Gasteiger partial charge in [0.1, 0.15) is 0 Å². The van der Waals surface area contributed by atoms with Crippen molar-refractivity contribution < 1.29 is 32.2 Å². The Labute approximate surface area is 186 Å². The first-order valence-corrected chi connectivity index (χ1v) is 10.2. The molecular formula is C22H21ClF4N2O3. The van der Waals surface area contributed by atoms with Gasteiger partial charge in [-0.2, -0.15) is 13.2 Å². The summed E-state index contributed by atoms with van der Waals surface area (Å²) in [7, 11) is 1.21. The van der Waals surface area contributed by atoms with E-state index in [1.54, 1.807) is 12.1 Å². The van der Waals surface area contributed by atoms with Gasteiger partial charge in [-0.25, -0.2) is 4.39 Å². The highest BCUT2D eigenvalue weighted by atomic mass is 35.5. The molecule has 32 heavy (non-hydrogen) atoms. The molecule has 2 aliphatic rings. The number of ether oxygens (including phenoxy) is 1. The molecule has 1 aliphatic carbocycles. The van der Waals surface area contributed by atoms with Crippen molar-refractivity contribution in [3.8, 4) is 5.75 Å². The second-order valence-corrected chi connectivity index (χ2v) is 9.23. The van der Waals surface area contributed by atoms with E-state index in [1.807, 2.05) is 0 Å². The third kappa shape index (κ3) is 3.38. The van der Waals surface area contributed by atoms with Crippen molar-refractivity contribution in [3.05, 3.63) is 51.8 Å². The summed E-state index contributed by atoms with van der Waals surface area (Å²) in [4.78, 5) is 11.6. The normalized spacial score (nSPS) is 23.9. The number of alkyl halides is 3. The maximum Gasteiger partial charge on any atom is 0.419 e. The first-order valence-electron chi connectivity index (χ1n) is 9.83. The van der Waals surface area contributed by atoms with Crippen LogP contribution in [0.15, 0.2) is 24.3 Å². The lowest BCUT2D eigenvalue weighted by atomic mass is 9.63. The second-order valence-electron chi connectivity index (χ2n) is 8.83. The lowest BCUT2D eigenvalue weighted by Crippen LogP contribution is -2.58. The first-order chi connectivity index (χ1) is 14.8. The van der Waals surface area contributed by atoms with Gasteiger partial charge in [0, 0.05) is 16.9 Å². The van der Waals surface area contributed by atoms with Gasteiger partial charge < -0.3 is 20.5 Å². The lowest BCUT2D eigenvalue weighted by Gasteiger charge is -2.49. The molecule has 4 rings (SSSR count). The standard InChI is InChI=1S/C22H21ClF4N2O3/c1-20(2)9-21(31,22(25,26)27)19(12-8-13(23)17(24)18(32-3)16(12)20)28-11-4-5-14-10(6-11)7-15(30)29-14/h4-6,8,19,28,31H,7,9H2,1-3H3,(H,29,30). The van der Waals surface area contributed by atoms with Crippen molar-refractivity contribution in [1.29, 1.82) is 0 Å². The van der Waals surface area contributed by atoms with E-state index in [-0.39, 0.29) is 34.9 Å². The van der Waals surface area contributed by atoms with Crippen LogP contribution in [0.25, 0.3) is 0 Å². The first kappa shape index (κ1) is 22.7. The third-order valence-electron chi connectivity index (χ3n) is 6.12. The summed E-state index contributed by atoms with van der Waals surface area (Å²) in [5.41, 5.74) is -2.85. The molecule has 3 N–H and O–H groups in total. The van der Waals surface area contributed by atoms with E-state index in [0.717, 1.165) is 6.07 Å². The minimum atomic E-state index is -5.01. The summed E-state index contributed by atoms with van der Waals surface area (Å²) in [5, 5.41) is 16.0. The van der Waals surface area contributed by atoms with Crippen molar-refractivity contribution in [2.24, 2.45) is 0 Å². The summed E-state index contributed by atoms with van der Waals surface area (Å²) in [6.07, 6.45) is -5.66. The van der Waals surface area contributed by atoms with Crippen LogP contribution in [0.1, 0.15) is 43.0 Å². The zero-order valence-corrected chi connectivity index (χ0v) is 18.2. The number of halogens is 5. The molecule has 1 aliphatic heterocycles. The summed E-state index contributed by atoms with van der Waals surface area (Å²) >= 11 is 6.00. The molecule has 2 atom stereocenters. The van der Waals surface area contributed by atoms with Gasteiger partial charge in [-0.1, -0.05) is 25.4 Å². The van der Waals surface area contributed by atoms with E-state index in [0.29, 0.717) is 11.3 Å². The van der Waals surface area contributed by atoms with Crippen LogP contribution >= 0.6 is 11.6 Å². The fourth-order valence-corrected chi connectivity index (χ4v) is 5.01. The van der Waals surface area contributed by atoms with E-state index in [4.69, 9.17) is 16.3 Å². The number of amides is 1. The van der Waals surface area contributed by atoms with E-state index >= 15 is 0 Å². The number of aliphatic hydroxyl groups is 1. The van der Waals surface area contributed by atoms with Crippen LogP contribution in [0.3, 0.4) is 0 Å². The van der Waals surface area contributed by atoms with Crippen molar-refractivity contribution in [2.45, 2.75) is 49.9 Å².